The van der Waals surface area contributed by atoms with Gasteiger partial charge in [-0.1, -0.05) is 29.3 Å². The van der Waals surface area contributed by atoms with Gasteiger partial charge in [-0.15, -0.1) is 0 Å². The molecular formula is C32H33Cl2F2N3O11S. The zero-order valence-corrected chi connectivity index (χ0v) is 29.8. The molecule has 14 nitrogen and oxygen atoms in total. The fraction of sp³-hybridized carbons (Fsp3) is 0.406. The minimum atomic E-state index is -3.38. The lowest BCUT2D eigenvalue weighted by Crippen LogP contribution is -2.34. The Kier molecular flexibility index (Phi) is 13.2. The van der Waals surface area contributed by atoms with Gasteiger partial charge in [0.1, 0.15) is 34.1 Å². The number of anilines is 1. The molecule has 2 aromatic heterocycles. The first kappa shape index (κ1) is 39.3. The van der Waals surface area contributed by atoms with Crippen molar-refractivity contribution in [1.29, 1.82) is 0 Å². The second-order valence-electron chi connectivity index (χ2n) is 12.2. The molecule has 2 heterocycles. The first-order chi connectivity index (χ1) is 24.0. The van der Waals surface area contributed by atoms with Crippen molar-refractivity contribution < 1.29 is 60.0 Å². The summed E-state index contributed by atoms with van der Waals surface area (Å²) in [6.07, 6.45) is 3.58. The van der Waals surface area contributed by atoms with E-state index in [1.807, 2.05) is 0 Å². The van der Waals surface area contributed by atoms with Crippen LogP contribution in [0.2, 0.25) is 10.0 Å². The molecule has 0 bridgehead atoms. The molecule has 1 atom stereocenters. The molecule has 0 saturated heterocycles. The van der Waals surface area contributed by atoms with E-state index >= 15 is 0 Å². The molecule has 51 heavy (non-hydrogen) atoms. The monoisotopic (exact) mass is 775 g/mol. The number of halogens is 4. The molecule has 0 N–H and O–H groups in total. The zero-order chi connectivity index (χ0) is 37.5. The summed E-state index contributed by atoms with van der Waals surface area (Å²) in [6, 6.07) is 6.15. The quantitative estimate of drug-likeness (QED) is 0.0695. The summed E-state index contributed by atoms with van der Waals surface area (Å²) in [5.74, 6) is -3.31. The lowest BCUT2D eigenvalue weighted by Gasteiger charge is -2.22. The van der Waals surface area contributed by atoms with Gasteiger partial charge >= 0.3 is 24.5 Å². The molecule has 3 aromatic rings. The molecule has 19 heteroatoms. The highest BCUT2D eigenvalue weighted by Crippen LogP contribution is 2.38. The Morgan fingerprint density at radius 3 is 2.35 bits per heavy atom. The first-order valence-electron chi connectivity index (χ1n) is 15.2. The average molecular weight is 777 g/mol. The van der Waals surface area contributed by atoms with Gasteiger partial charge in [-0.25, -0.2) is 27.3 Å². The van der Waals surface area contributed by atoms with Crippen molar-refractivity contribution in [1.82, 2.24) is 4.98 Å². The molecule has 1 unspecified atom stereocenters. The van der Waals surface area contributed by atoms with Crippen molar-refractivity contribution in [3.8, 4) is 11.5 Å². The SMILES string of the molecule is CC(C)(C)OC(=O)CN(c1cc(C(=O)OCC(=O)OC(Cc2c(Cl)c[n+]([O-])cc2Cl)c2ccc(OC(F)F)c(OCC3CC3)c2)ccn1)[SH](=O)=O. The number of ether oxygens (including phenoxy) is 5. The van der Waals surface area contributed by atoms with E-state index in [0.717, 1.165) is 37.5 Å². The molecule has 0 radical (unpaired) electrons. The van der Waals surface area contributed by atoms with E-state index in [4.69, 9.17) is 42.1 Å². The van der Waals surface area contributed by atoms with Gasteiger partial charge in [0.15, 0.2) is 30.5 Å². The van der Waals surface area contributed by atoms with E-state index in [9.17, 15) is 36.8 Å². The summed E-state index contributed by atoms with van der Waals surface area (Å²) in [6.45, 7) is 0.256. The van der Waals surface area contributed by atoms with Crippen molar-refractivity contribution in [2.75, 3.05) is 24.1 Å². The highest BCUT2D eigenvalue weighted by Gasteiger charge is 2.27. The van der Waals surface area contributed by atoms with Crippen LogP contribution in [0.25, 0.3) is 0 Å². The van der Waals surface area contributed by atoms with Gasteiger partial charge in [-0.05, 0) is 69.4 Å². The molecule has 1 fully saturated rings. The summed E-state index contributed by atoms with van der Waals surface area (Å²) < 4.78 is 77.3. The number of rotatable bonds is 16. The number of hydrogen-bond donors (Lipinski definition) is 1. The minimum Gasteiger partial charge on any atom is -0.619 e. The van der Waals surface area contributed by atoms with Gasteiger partial charge in [-0.3, -0.25) is 4.79 Å². The van der Waals surface area contributed by atoms with Crippen LogP contribution in [0.15, 0.2) is 48.9 Å². The maximum Gasteiger partial charge on any atom is 0.387 e. The normalized spacial score (nSPS) is 13.4. The van der Waals surface area contributed by atoms with Crippen LogP contribution >= 0.6 is 23.2 Å². The predicted molar refractivity (Wildman–Crippen MR) is 177 cm³/mol. The fourth-order valence-corrected chi connectivity index (χ4v) is 5.57. The van der Waals surface area contributed by atoms with Crippen LogP contribution in [0.3, 0.4) is 0 Å². The Hall–Kier alpha value is -4.48. The van der Waals surface area contributed by atoms with Crippen LogP contribution in [0.4, 0.5) is 14.6 Å². The number of hydrogen-bond acceptors (Lipinski definition) is 12. The number of alkyl halides is 2. The smallest absolute Gasteiger partial charge is 0.387 e. The maximum atomic E-state index is 13.1. The molecule has 1 aliphatic rings. The molecule has 0 spiro atoms. The third kappa shape index (κ3) is 12.1. The van der Waals surface area contributed by atoms with Gasteiger partial charge in [0.25, 0.3) is 0 Å². The summed E-state index contributed by atoms with van der Waals surface area (Å²) in [7, 11) is -3.38. The van der Waals surface area contributed by atoms with Gasteiger partial charge in [-0.2, -0.15) is 13.5 Å². The average Bonchev–Trinajstić information content (AvgIpc) is 3.86. The number of nitrogens with zero attached hydrogens (tertiary/aromatic N) is 3. The Balaban J connectivity index is 1.52. The molecule has 1 aliphatic carbocycles. The highest BCUT2D eigenvalue weighted by atomic mass is 35.5. The molecular weight excluding hydrogens is 743 g/mol. The minimum absolute atomic E-state index is 0.0381. The van der Waals surface area contributed by atoms with Gasteiger partial charge in [0.2, 0.25) is 10.9 Å². The summed E-state index contributed by atoms with van der Waals surface area (Å²) >= 11 is 12.5. The van der Waals surface area contributed by atoms with Gasteiger partial charge in [0, 0.05) is 18.2 Å². The van der Waals surface area contributed by atoms with Crippen LogP contribution < -0.4 is 18.5 Å². The Morgan fingerprint density at radius 2 is 1.75 bits per heavy atom. The number of pyridine rings is 2. The molecule has 4 rings (SSSR count). The number of aromatic nitrogens is 2. The Morgan fingerprint density at radius 1 is 1.06 bits per heavy atom. The zero-order valence-electron chi connectivity index (χ0n) is 27.4. The van der Waals surface area contributed by atoms with Crippen molar-refractivity contribution in [2.45, 2.75) is 58.4 Å². The molecule has 1 saturated carbocycles. The van der Waals surface area contributed by atoms with E-state index in [1.165, 1.54) is 24.3 Å². The van der Waals surface area contributed by atoms with Crippen LogP contribution in [0.5, 0.6) is 11.5 Å². The molecule has 1 aromatic carbocycles. The van der Waals surface area contributed by atoms with E-state index in [0.29, 0.717) is 9.04 Å². The van der Waals surface area contributed by atoms with Gasteiger partial charge < -0.3 is 28.9 Å². The predicted octanol–water partition coefficient (Wildman–Crippen LogP) is 4.77. The van der Waals surface area contributed by atoms with Crippen LogP contribution in [-0.2, 0) is 41.1 Å². The molecule has 0 aliphatic heterocycles. The number of thiol groups is 1. The van der Waals surface area contributed by atoms with Crippen molar-refractivity contribution in [3.63, 3.8) is 0 Å². The standard InChI is InChI=1S/C32H33Cl2F2N3O11S/c1-32(2,3)50-28(40)15-39(51(44)45)27-11-20(8-9-37-27)30(42)47-17-29(41)48-25(12-21-22(33)13-38(43)14-23(21)34)19-6-7-24(49-31(35)36)26(10-19)46-16-18-4-5-18/h6-11,13-14,18,25,31,51H,4-5,12,15-17H2,1-3H3. The molecule has 276 valence electrons. The van der Waals surface area contributed by atoms with Crippen molar-refractivity contribution >= 4 is 57.8 Å². The van der Waals surface area contributed by atoms with Crippen molar-refractivity contribution in [3.05, 3.63) is 80.9 Å². The van der Waals surface area contributed by atoms with Gasteiger partial charge in [0.05, 0.1) is 12.2 Å². The Bertz CT molecular complexity index is 1810. The second-order valence-corrected chi connectivity index (χ2v) is 13.9. The van der Waals surface area contributed by atoms with Crippen LogP contribution in [-0.4, -0.2) is 63.3 Å². The summed E-state index contributed by atoms with van der Waals surface area (Å²) in [5.41, 5.74) is -0.646. The van der Waals surface area contributed by atoms with E-state index in [1.54, 1.807) is 20.8 Å². The first-order valence-corrected chi connectivity index (χ1v) is 17.1. The highest BCUT2D eigenvalue weighted by molar-refractivity contribution is 7.74. The Labute approximate surface area is 302 Å². The summed E-state index contributed by atoms with van der Waals surface area (Å²) in [5, 5.41) is 11.7. The maximum absolute atomic E-state index is 13.1. The fourth-order valence-electron chi connectivity index (χ4n) is 4.47. The van der Waals surface area contributed by atoms with E-state index in [2.05, 4.69) is 9.72 Å². The summed E-state index contributed by atoms with van der Waals surface area (Å²) in [4.78, 5) is 42.1. The lowest BCUT2D eigenvalue weighted by molar-refractivity contribution is -0.605. The number of carbonyl (C=O) groups excluding carboxylic acids is 3. The number of esters is 3. The second kappa shape index (κ2) is 17.2. The van der Waals surface area contributed by atoms with E-state index in [-0.39, 0.29) is 63.0 Å². The number of carbonyl (C=O) groups is 3. The lowest BCUT2D eigenvalue weighted by atomic mass is 10.0. The largest absolute Gasteiger partial charge is 0.619 e. The van der Waals surface area contributed by atoms with Crippen LogP contribution in [0, 0.1) is 11.1 Å². The van der Waals surface area contributed by atoms with E-state index < -0.39 is 60.3 Å². The third-order valence-corrected chi connectivity index (χ3v) is 8.30. The third-order valence-electron chi connectivity index (χ3n) is 6.91. The molecule has 0 amide bonds. The number of benzene rings is 1. The van der Waals surface area contributed by atoms with Crippen molar-refractivity contribution in [2.24, 2.45) is 5.92 Å². The topological polar surface area (TPSA) is 175 Å². The van der Waals surface area contributed by atoms with Crippen LogP contribution in [0.1, 0.15) is 61.2 Å².